The molecule has 1 aliphatic heterocycles. The number of hydrogen-bond acceptors (Lipinski definition) is 2. The van der Waals surface area contributed by atoms with Crippen LogP contribution >= 0.6 is 0 Å². The number of hydrogen-bond donors (Lipinski definition) is 0. The van der Waals surface area contributed by atoms with Gasteiger partial charge >= 0.3 is 0 Å². The van der Waals surface area contributed by atoms with E-state index in [-0.39, 0.29) is 5.78 Å². The summed E-state index contributed by atoms with van der Waals surface area (Å²) in [5.74, 6) is 1.33. The average Bonchev–Trinajstić information content (AvgIpc) is 2.74. The molecule has 0 N–H and O–H groups in total. The molecule has 0 atom stereocenters. The van der Waals surface area contributed by atoms with Crippen LogP contribution in [0.15, 0.2) is 12.1 Å². The minimum atomic E-state index is 0.262. The van der Waals surface area contributed by atoms with E-state index in [0.29, 0.717) is 6.42 Å². The Labute approximate surface area is 113 Å². The zero-order valence-corrected chi connectivity index (χ0v) is 11.7. The van der Waals surface area contributed by atoms with E-state index >= 15 is 0 Å². The second kappa shape index (κ2) is 4.80. The molecule has 0 radical (unpaired) electrons. The topological polar surface area (TPSA) is 34.9 Å². The number of benzene rings is 1. The van der Waals surface area contributed by atoms with Gasteiger partial charge in [-0.3, -0.25) is 4.79 Å². The molecule has 3 rings (SSSR count). The highest BCUT2D eigenvalue weighted by Gasteiger charge is 2.18. The fraction of sp³-hybridized carbons (Fsp3) is 0.500. The number of aromatic nitrogens is 2. The van der Waals surface area contributed by atoms with Crippen LogP contribution in [0.25, 0.3) is 11.0 Å². The van der Waals surface area contributed by atoms with Crippen molar-refractivity contribution in [1.82, 2.24) is 9.55 Å². The van der Waals surface area contributed by atoms with Gasteiger partial charge < -0.3 is 4.57 Å². The number of rotatable bonds is 4. The van der Waals surface area contributed by atoms with Crippen LogP contribution in [0.1, 0.15) is 54.4 Å². The summed E-state index contributed by atoms with van der Waals surface area (Å²) in [5.41, 5.74) is 4.39. The predicted octanol–water partition coefficient (Wildman–Crippen LogP) is 3.66. The number of carbonyl (C=O) groups excluding carboxylic acids is 1. The fourth-order valence-electron chi connectivity index (χ4n) is 3.01. The molecule has 3 heteroatoms. The van der Waals surface area contributed by atoms with Crippen molar-refractivity contribution in [2.24, 2.45) is 0 Å². The molecule has 100 valence electrons. The molecule has 2 heterocycles. The second-order valence-corrected chi connectivity index (χ2v) is 5.44. The minimum absolute atomic E-state index is 0.262. The molecule has 0 unspecified atom stereocenters. The zero-order valence-electron chi connectivity index (χ0n) is 11.7. The first-order valence-corrected chi connectivity index (χ1v) is 7.23. The third kappa shape index (κ3) is 2.07. The normalized spacial score (nSPS) is 14.0. The Morgan fingerprint density at radius 2 is 2.26 bits per heavy atom. The number of nitrogens with zero attached hydrogens (tertiary/aromatic N) is 2. The van der Waals surface area contributed by atoms with Gasteiger partial charge in [-0.1, -0.05) is 13.3 Å². The summed E-state index contributed by atoms with van der Waals surface area (Å²) in [5, 5.41) is 0. The molecular formula is C16H20N2O. The van der Waals surface area contributed by atoms with Gasteiger partial charge in [0.25, 0.3) is 0 Å². The van der Waals surface area contributed by atoms with Gasteiger partial charge in [0.1, 0.15) is 5.82 Å². The molecule has 0 amide bonds. The summed E-state index contributed by atoms with van der Waals surface area (Å²) in [7, 11) is 0. The lowest BCUT2D eigenvalue weighted by Crippen LogP contribution is -2.10. The second-order valence-electron chi connectivity index (χ2n) is 5.44. The van der Waals surface area contributed by atoms with Crippen LogP contribution in [0.4, 0.5) is 0 Å². The van der Waals surface area contributed by atoms with Gasteiger partial charge in [0.05, 0.1) is 11.0 Å². The summed E-state index contributed by atoms with van der Waals surface area (Å²) < 4.78 is 2.29. The number of imidazole rings is 1. The highest BCUT2D eigenvalue weighted by molar-refractivity contribution is 5.99. The number of carbonyl (C=O) groups is 1. The van der Waals surface area contributed by atoms with E-state index in [1.54, 1.807) is 0 Å². The molecule has 1 aromatic heterocycles. The summed E-state index contributed by atoms with van der Waals surface area (Å²) in [6.45, 7) is 5.22. The van der Waals surface area contributed by atoms with E-state index in [4.69, 9.17) is 0 Å². The molecule has 0 aliphatic carbocycles. The van der Waals surface area contributed by atoms with Crippen LogP contribution in [0, 0.1) is 6.92 Å². The summed E-state index contributed by atoms with van der Waals surface area (Å²) in [4.78, 5) is 16.8. The van der Waals surface area contributed by atoms with E-state index in [2.05, 4.69) is 22.5 Å². The van der Waals surface area contributed by atoms with Gasteiger partial charge in [-0.15, -0.1) is 0 Å². The van der Waals surface area contributed by atoms with Crippen molar-refractivity contribution in [2.75, 3.05) is 0 Å². The lowest BCUT2D eigenvalue weighted by Gasteiger charge is -2.16. The monoisotopic (exact) mass is 256 g/mol. The summed E-state index contributed by atoms with van der Waals surface area (Å²) in [6.07, 6.45) is 4.90. The molecule has 0 saturated heterocycles. The highest BCUT2D eigenvalue weighted by Crippen LogP contribution is 2.28. The molecule has 3 nitrogen and oxygen atoms in total. The third-order valence-electron chi connectivity index (χ3n) is 4.02. The predicted molar refractivity (Wildman–Crippen MR) is 76.6 cm³/mol. The van der Waals surface area contributed by atoms with Crippen LogP contribution < -0.4 is 0 Å². The molecule has 0 bridgehead atoms. The largest absolute Gasteiger partial charge is 0.328 e. The third-order valence-corrected chi connectivity index (χ3v) is 4.02. The molecule has 19 heavy (non-hydrogen) atoms. The van der Waals surface area contributed by atoms with Crippen molar-refractivity contribution in [3.8, 4) is 0 Å². The van der Waals surface area contributed by atoms with E-state index in [0.717, 1.165) is 49.1 Å². The molecule has 2 aromatic rings. The first-order valence-electron chi connectivity index (χ1n) is 7.23. The zero-order chi connectivity index (χ0) is 13.4. The van der Waals surface area contributed by atoms with E-state index in [1.807, 2.05) is 13.0 Å². The fourth-order valence-corrected chi connectivity index (χ4v) is 3.01. The maximum absolute atomic E-state index is 12.2. The van der Waals surface area contributed by atoms with Crippen molar-refractivity contribution < 1.29 is 4.79 Å². The number of Topliss-reactive ketones (excluding diaryl/α,β-unsaturated/α-hetero) is 1. The van der Waals surface area contributed by atoms with Crippen LogP contribution in [-0.2, 0) is 13.0 Å². The van der Waals surface area contributed by atoms with Crippen molar-refractivity contribution in [3.05, 3.63) is 29.1 Å². The van der Waals surface area contributed by atoms with Crippen LogP contribution in [-0.4, -0.2) is 15.3 Å². The number of aryl methyl sites for hydroxylation is 3. The first-order chi connectivity index (χ1) is 9.20. The van der Waals surface area contributed by atoms with Gasteiger partial charge in [-0.05, 0) is 43.9 Å². The Kier molecular flexibility index (Phi) is 3.13. The van der Waals surface area contributed by atoms with E-state index in [9.17, 15) is 4.79 Å². The van der Waals surface area contributed by atoms with E-state index in [1.165, 1.54) is 11.1 Å². The van der Waals surface area contributed by atoms with Crippen LogP contribution in [0.2, 0.25) is 0 Å². The van der Waals surface area contributed by atoms with Crippen molar-refractivity contribution in [2.45, 2.75) is 52.5 Å². The number of unbranched alkanes of at least 4 members (excludes halogenated alkanes) is 1. The molecular weight excluding hydrogens is 236 g/mol. The summed E-state index contributed by atoms with van der Waals surface area (Å²) in [6, 6.07) is 4.07. The standard InChI is InChI=1S/C16H20N2O/c1-3-4-7-15(19)13-9-12-6-5-8-18-11(2)17-14(10-13)16(12)18/h9-10H,3-8H2,1-2H3. The van der Waals surface area contributed by atoms with Crippen LogP contribution in [0.5, 0.6) is 0 Å². The van der Waals surface area contributed by atoms with Crippen molar-refractivity contribution >= 4 is 16.8 Å². The maximum Gasteiger partial charge on any atom is 0.162 e. The Bertz CT molecular complexity index is 640. The van der Waals surface area contributed by atoms with Crippen LogP contribution in [0.3, 0.4) is 0 Å². The maximum atomic E-state index is 12.2. The number of ketones is 1. The first kappa shape index (κ1) is 12.4. The molecule has 1 aromatic carbocycles. The molecule has 0 fully saturated rings. The Morgan fingerprint density at radius 3 is 3.05 bits per heavy atom. The Hall–Kier alpha value is -1.64. The van der Waals surface area contributed by atoms with E-state index < -0.39 is 0 Å². The lowest BCUT2D eigenvalue weighted by atomic mass is 9.98. The van der Waals surface area contributed by atoms with Gasteiger partial charge in [-0.25, -0.2) is 4.98 Å². The van der Waals surface area contributed by atoms with Crippen molar-refractivity contribution in [1.29, 1.82) is 0 Å². The molecule has 1 aliphatic rings. The van der Waals surface area contributed by atoms with Crippen molar-refractivity contribution in [3.63, 3.8) is 0 Å². The quantitative estimate of drug-likeness (QED) is 0.782. The SMILES string of the molecule is CCCCC(=O)c1cc2c3c(c1)nc(C)n3CCC2. The molecule has 0 spiro atoms. The van der Waals surface area contributed by atoms with Gasteiger partial charge in [0, 0.05) is 18.5 Å². The Balaban J connectivity index is 2.07. The molecule has 0 saturated carbocycles. The average molecular weight is 256 g/mol. The van der Waals surface area contributed by atoms with Gasteiger partial charge in [0.15, 0.2) is 5.78 Å². The lowest BCUT2D eigenvalue weighted by molar-refractivity contribution is 0.0980. The smallest absolute Gasteiger partial charge is 0.162 e. The van der Waals surface area contributed by atoms with Gasteiger partial charge in [0.2, 0.25) is 0 Å². The minimum Gasteiger partial charge on any atom is -0.328 e. The summed E-state index contributed by atoms with van der Waals surface area (Å²) >= 11 is 0. The Morgan fingerprint density at radius 1 is 1.42 bits per heavy atom. The highest BCUT2D eigenvalue weighted by atomic mass is 16.1. The van der Waals surface area contributed by atoms with Gasteiger partial charge in [-0.2, -0.15) is 0 Å².